The van der Waals surface area contributed by atoms with Gasteiger partial charge in [-0.05, 0) is 18.6 Å². The summed E-state index contributed by atoms with van der Waals surface area (Å²) in [7, 11) is -3.34. The van der Waals surface area contributed by atoms with Crippen molar-refractivity contribution in [2.45, 2.75) is 12.7 Å². The predicted octanol–water partition coefficient (Wildman–Crippen LogP) is 1.32. The molecule has 0 fully saturated rings. The fourth-order valence-electron chi connectivity index (χ4n) is 1.84. The van der Waals surface area contributed by atoms with Crippen molar-refractivity contribution in [3.8, 4) is 0 Å². The summed E-state index contributed by atoms with van der Waals surface area (Å²) in [6.45, 7) is 2.65. The van der Waals surface area contributed by atoms with E-state index in [1.807, 2.05) is 31.2 Å². The Morgan fingerprint density at radius 3 is 2.57 bits per heavy atom. The zero-order valence-electron chi connectivity index (χ0n) is 11.8. The highest BCUT2D eigenvalue weighted by atomic mass is 32.2. The molecule has 0 atom stereocenters. The lowest BCUT2D eigenvalue weighted by Crippen LogP contribution is -2.30. The molecule has 7 heteroatoms. The van der Waals surface area contributed by atoms with Crippen LogP contribution in [-0.4, -0.2) is 31.5 Å². The zero-order valence-corrected chi connectivity index (χ0v) is 12.6. The molecule has 2 rings (SSSR count). The second-order valence-electron chi connectivity index (χ2n) is 4.64. The minimum absolute atomic E-state index is 0.0173. The summed E-state index contributed by atoms with van der Waals surface area (Å²) in [4.78, 5) is 7.98. The SMILES string of the molecule is Cc1cccc(CS(=O)(=O)NCCNc2ncccn2)c1. The zero-order chi connectivity index (χ0) is 15.1. The second kappa shape index (κ2) is 7.14. The van der Waals surface area contributed by atoms with Gasteiger partial charge in [0.1, 0.15) is 0 Å². The molecular formula is C14H18N4O2S. The van der Waals surface area contributed by atoms with Crippen molar-refractivity contribution in [1.29, 1.82) is 0 Å². The molecule has 0 bridgehead atoms. The van der Waals surface area contributed by atoms with Gasteiger partial charge in [0.2, 0.25) is 16.0 Å². The fourth-order valence-corrected chi connectivity index (χ4v) is 2.98. The molecule has 0 aliphatic carbocycles. The van der Waals surface area contributed by atoms with Gasteiger partial charge in [0.15, 0.2) is 0 Å². The average Bonchev–Trinajstić information content (AvgIpc) is 2.44. The third-order valence-corrected chi connectivity index (χ3v) is 4.09. The van der Waals surface area contributed by atoms with Crippen molar-refractivity contribution in [2.24, 2.45) is 0 Å². The van der Waals surface area contributed by atoms with Gasteiger partial charge in [0.05, 0.1) is 5.75 Å². The first-order valence-electron chi connectivity index (χ1n) is 6.59. The Morgan fingerprint density at radius 1 is 1.10 bits per heavy atom. The van der Waals surface area contributed by atoms with Crippen LogP contribution in [0.4, 0.5) is 5.95 Å². The lowest BCUT2D eigenvalue weighted by molar-refractivity contribution is 0.582. The number of sulfonamides is 1. The van der Waals surface area contributed by atoms with Crippen LogP contribution in [-0.2, 0) is 15.8 Å². The Balaban J connectivity index is 1.79. The van der Waals surface area contributed by atoms with Crippen LogP contribution in [0.15, 0.2) is 42.7 Å². The Labute approximate surface area is 124 Å². The summed E-state index contributed by atoms with van der Waals surface area (Å²) in [6.07, 6.45) is 3.24. The maximum atomic E-state index is 12.0. The standard InChI is InChI=1S/C14H18N4O2S/c1-12-4-2-5-13(10-12)11-21(19,20)18-9-8-17-14-15-6-3-7-16-14/h2-7,10,18H,8-9,11H2,1H3,(H,15,16,17). The number of aromatic nitrogens is 2. The molecule has 21 heavy (non-hydrogen) atoms. The van der Waals surface area contributed by atoms with E-state index in [4.69, 9.17) is 0 Å². The van der Waals surface area contributed by atoms with Gasteiger partial charge in [0.25, 0.3) is 0 Å². The summed E-state index contributed by atoms with van der Waals surface area (Å²) in [6, 6.07) is 9.19. The van der Waals surface area contributed by atoms with E-state index in [1.54, 1.807) is 18.5 Å². The lowest BCUT2D eigenvalue weighted by Gasteiger charge is -2.08. The fraction of sp³-hybridized carbons (Fsp3) is 0.286. The van der Waals surface area contributed by atoms with Gasteiger partial charge in [-0.1, -0.05) is 29.8 Å². The first-order valence-corrected chi connectivity index (χ1v) is 8.24. The molecule has 0 saturated carbocycles. The third kappa shape index (κ3) is 5.49. The number of anilines is 1. The normalized spacial score (nSPS) is 11.3. The number of hydrogen-bond acceptors (Lipinski definition) is 5. The summed E-state index contributed by atoms with van der Waals surface area (Å²) >= 11 is 0. The van der Waals surface area contributed by atoms with Crippen molar-refractivity contribution in [3.63, 3.8) is 0 Å². The minimum Gasteiger partial charge on any atom is -0.353 e. The van der Waals surface area contributed by atoms with Gasteiger partial charge >= 0.3 is 0 Å². The molecule has 112 valence electrons. The van der Waals surface area contributed by atoms with Crippen LogP contribution in [0.5, 0.6) is 0 Å². The largest absolute Gasteiger partial charge is 0.353 e. The molecule has 2 aromatic rings. The summed E-state index contributed by atoms with van der Waals surface area (Å²) in [5, 5.41) is 2.94. The van der Waals surface area contributed by atoms with Crippen molar-refractivity contribution in [2.75, 3.05) is 18.4 Å². The molecular weight excluding hydrogens is 288 g/mol. The van der Waals surface area contributed by atoms with Gasteiger partial charge in [-0.15, -0.1) is 0 Å². The molecule has 1 aromatic heterocycles. The Kier molecular flexibility index (Phi) is 5.24. The van der Waals surface area contributed by atoms with Crippen molar-refractivity contribution in [3.05, 3.63) is 53.9 Å². The van der Waals surface area contributed by atoms with E-state index in [-0.39, 0.29) is 12.3 Å². The Hall–Kier alpha value is -1.99. The number of hydrogen-bond donors (Lipinski definition) is 2. The van der Waals surface area contributed by atoms with Gasteiger partial charge in [-0.2, -0.15) is 0 Å². The quantitative estimate of drug-likeness (QED) is 0.754. The lowest BCUT2D eigenvalue weighted by atomic mass is 10.2. The summed E-state index contributed by atoms with van der Waals surface area (Å²) < 4.78 is 26.5. The number of nitrogens with zero attached hydrogens (tertiary/aromatic N) is 2. The first-order chi connectivity index (χ1) is 10.1. The van der Waals surface area contributed by atoms with Crippen LogP contribution in [0.25, 0.3) is 0 Å². The van der Waals surface area contributed by atoms with E-state index in [9.17, 15) is 8.42 Å². The first kappa shape index (κ1) is 15.4. The van der Waals surface area contributed by atoms with E-state index < -0.39 is 10.0 Å². The number of rotatable bonds is 7. The molecule has 0 radical (unpaired) electrons. The van der Waals surface area contributed by atoms with Crippen molar-refractivity contribution in [1.82, 2.24) is 14.7 Å². The molecule has 0 unspecified atom stereocenters. The van der Waals surface area contributed by atoms with Crippen molar-refractivity contribution < 1.29 is 8.42 Å². The number of nitrogens with one attached hydrogen (secondary N) is 2. The Bertz CT molecular complexity index is 674. The molecule has 6 nitrogen and oxygen atoms in total. The van der Waals surface area contributed by atoms with Crippen LogP contribution in [0.2, 0.25) is 0 Å². The maximum Gasteiger partial charge on any atom is 0.222 e. The van der Waals surface area contributed by atoms with Crippen LogP contribution in [0.3, 0.4) is 0 Å². The molecule has 1 heterocycles. The highest BCUT2D eigenvalue weighted by Crippen LogP contribution is 2.07. The van der Waals surface area contributed by atoms with Crippen LogP contribution in [0, 0.1) is 6.92 Å². The number of aryl methyl sites for hydroxylation is 1. The van der Waals surface area contributed by atoms with E-state index in [0.29, 0.717) is 12.5 Å². The van der Waals surface area contributed by atoms with E-state index in [2.05, 4.69) is 20.0 Å². The highest BCUT2D eigenvalue weighted by molar-refractivity contribution is 7.88. The maximum absolute atomic E-state index is 12.0. The predicted molar refractivity (Wildman–Crippen MR) is 82.3 cm³/mol. The van der Waals surface area contributed by atoms with Crippen LogP contribution >= 0.6 is 0 Å². The van der Waals surface area contributed by atoms with Gasteiger partial charge in [0, 0.05) is 25.5 Å². The molecule has 1 aromatic carbocycles. The van der Waals surface area contributed by atoms with Crippen LogP contribution in [0.1, 0.15) is 11.1 Å². The molecule has 0 aliphatic rings. The van der Waals surface area contributed by atoms with Gasteiger partial charge in [-0.3, -0.25) is 0 Å². The van der Waals surface area contributed by atoms with E-state index >= 15 is 0 Å². The number of benzene rings is 1. The molecule has 0 aliphatic heterocycles. The molecule has 0 amide bonds. The second-order valence-corrected chi connectivity index (χ2v) is 6.45. The average molecular weight is 306 g/mol. The Morgan fingerprint density at radius 2 is 1.86 bits per heavy atom. The van der Waals surface area contributed by atoms with Crippen LogP contribution < -0.4 is 10.0 Å². The highest BCUT2D eigenvalue weighted by Gasteiger charge is 2.10. The van der Waals surface area contributed by atoms with Crippen molar-refractivity contribution >= 4 is 16.0 Å². The summed E-state index contributed by atoms with van der Waals surface area (Å²) in [5.74, 6) is 0.464. The third-order valence-electron chi connectivity index (χ3n) is 2.74. The molecule has 0 spiro atoms. The topological polar surface area (TPSA) is 84.0 Å². The monoisotopic (exact) mass is 306 g/mol. The molecule has 2 N–H and O–H groups in total. The van der Waals surface area contributed by atoms with E-state index in [1.165, 1.54) is 0 Å². The van der Waals surface area contributed by atoms with E-state index in [0.717, 1.165) is 11.1 Å². The smallest absolute Gasteiger partial charge is 0.222 e. The van der Waals surface area contributed by atoms with Gasteiger partial charge < -0.3 is 5.32 Å². The minimum atomic E-state index is -3.34. The summed E-state index contributed by atoms with van der Waals surface area (Å²) in [5.41, 5.74) is 1.83. The van der Waals surface area contributed by atoms with Gasteiger partial charge in [-0.25, -0.2) is 23.1 Å². The molecule has 0 saturated heterocycles.